The van der Waals surface area contributed by atoms with E-state index in [1.165, 1.54) is 6.07 Å². The average Bonchev–Trinajstić information content (AvgIpc) is 2.64. The maximum Gasteiger partial charge on any atom is 0.431 e. The van der Waals surface area contributed by atoms with Gasteiger partial charge < -0.3 is 0 Å². The van der Waals surface area contributed by atoms with Crippen molar-refractivity contribution in [1.29, 1.82) is 5.26 Å². The smallest absolute Gasteiger partial charge is 0.292 e. The van der Waals surface area contributed by atoms with Crippen LogP contribution >= 0.6 is 11.6 Å². The van der Waals surface area contributed by atoms with E-state index in [1.54, 1.807) is 0 Å². The van der Waals surface area contributed by atoms with Gasteiger partial charge in [0.1, 0.15) is 23.5 Å². The summed E-state index contributed by atoms with van der Waals surface area (Å²) in [5.74, 6) is -3.52. The van der Waals surface area contributed by atoms with Crippen molar-refractivity contribution in [3.05, 3.63) is 56.1 Å². The lowest BCUT2D eigenvalue weighted by molar-refractivity contribution is -0.144. The standard InChI is InChI=1S/C16H11ClF4N4O5S/c1-23-12(16(19,20)21)5-13(26)24(15(23)28)11-4-10(8(7-22)3-9(11)18)25(14(27)6-17)31(2,29)30/h3-5H,6H2,1-2H3. The lowest BCUT2D eigenvalue weighted by Crippen LogP contribution is -2.41. The topological polar surface area (TPSA) is 122 Å². The minimum absolute atomic E-state index is 0.000852. The van der Waals surface area contributed by atoms with Crippen LogP contribution < -0.4 is 15.6 Å². The molecule has 2 aromatic rings. The van der Waals surface area contributed by atoms with Crippen molar-refractivity contribution in [2.75, 3.05) is 16.4 Å². The molecule has 0 aliphatic heterocycles. The lowest BCUT2D eigenvalue weighted by Gasteiger charge is -2.22. The highest BCUT2D eigenvalue weighted by Crippen LogP contribution is 2.29. The van der Waals surface area contributed by atoms with Crippen LogP contribution in [0.3, 0.4) is 0 Å². The number of nitrogens with zero attached hydrogens (tertiary/aromatic N) is 4. The van der Waals surface area contributed by atoms with Gasteiger partial charge in [-0.05, 0) is 12.1 Å². The molecule has 1 aromatic heterocycles. The monoisotopic (exact) mass is 482 g/mol. The summed E-state index contributed by atoms with van der Waals surface area (Å²) in [6, 6.07) is 2.43. The predicted octanol–water partition coefficient (Wildman–Crippen LogP) is 1.10. The van der Waals surface area contributed by atoms with Crippen LogP contribution in [0, 0.1) is 17.1 Å². The van der Waals surface area contributed by atoms with E-state index in [2.05, 4.69) is 0 Å². The summed E-state index contributed by atoms with van der Waals surface area (Å²) in [5.41, 5.74) is -7.21. The van der Waals surface area contributed by atoms with Crippen molar-refractivity contribution in [1.82, 2.24) is 9.13 Å². The van der Waals surface area contributed by atoms with Crippen LogP contribution in [0.25, 0.3) is 5.69 Å². The molecule has 0 saturated carbocycles. The Bertz CT molecular complexity index is 1340. The molecule has 0 bridgehead atoms. The van der Waals surface area contributed by atoms with Crippen LogP contribution in [0.15, 0.2) is 27.8 Å². The van der Waals surface area contributed by atoms with E-state index in [0.29, 0.717) is 25.4 Å². The first kappa shape index (κ1) is 24.1. The Morgan fingerprint density at radius 1 is 1.26 bits per heavy atom. The number of carbonyl (C=O) groups is 1. The zero-order valence-electron chi connectivity index (χ0n) is 15.6. The van der Waals surface area contributed by atoms with Crippen molar-refractivity contribution in [2.45, 2.75) is 6.18 Å². The highest BCUT2D eigenvalue weighted by Gasteiger charge is 2.35. The number of amides is 1. The Hall–Kier alpha value is -3.18. The predicted molar refractivity (Wildman–Crippen MR) is 100 cm³/mol. The fraction of sp³-hybridized carbons (Fsp3) is 0.250. The molecule has 9 nitrogen and oxygen atoms in total. The molecule has 0 aliphatic rings. The normalized spacial score (nSPS) is 11.8. The van der Waals surface area contributed by atoms with Crippen molar-refractivity contribution >= 4 is 33.2 Å². The molecule has 0 fully saturated rings. The zero-order valence-corrected chi connectivity index (χ0v) is 17.1. The van der Waals surface area contributed by atoms with E-state index in [1.807, 2.05) is 0 Å². The summed E-state index contributed by atoms with van der Waals surface area (Å²) >= 11 is 5.39. The second-order valence-electron chi connectivity index (χ2n) is 6.03. The van der Waals surface area contributed by atoms with Gasteiger partial charge in [-0.2, -0.15) is 18.4 Å². The van der Waals surface area contributed by atoms with Gasteiger partial charge in [-0.3, -0.25) is 14.2 Å². The number of carbonyl (C=O) groups excluding carboxylic acids is 1. The lowest BCUT2D eigenvalue weighted by atomic mass is 10.1. The van der Waals surface area contributed by atoms with Gasteiger partial charge in [-0.1, -0.05) is 0 Å². The summed E-state index contributed by atoms with van der Waals surface area (Å²) in [5, 5.41) is 9.21. The second-order valence-corrected chi connectivity index (χ2v) is 8.13. The quantitative estimate of drug-likeness (QED) is 0.475. The fourth-order valence-corrected chi connectivity index (χ4v) is 3.78. The minimum atomic E-state index is -5.07. The van der Waals surface area contributed by atoms with E-state index in [4.69, 9.17) is 11.6 Å². The van der Waals surface area contributed by atoms with Crippen LogP contribution in [0.4, 0.5) is 23.2 Å². The molecule has 166 valence electrons. The van der Waals surface area contributed by atoms with Gasteiger partial charge >= 0.3 is 11.9 Å². The van der Waals surface area contributed by atoms with Gasteiger partial charge in [-0.25, -0.2) is 26.5 Å². The van der Waals surface area contributed by atoms with E-state index in [9.17, 15) is 45.6 Å². The number of sulfonamides is 1. The molecule has 0 atom stereocenters. The van der Waals surface area contributed by atoms with Crippen LogP contribution in [-0.2, 0) is 28.0 Å². The third-order valence-electron chi connectivity index (χ3n) is 3.93. The molecule has 1 aromatic carbocycles. The molecule has 0 unspecified atom stereocenters. The van der Waals surface area contributed by atoms with Crippen LogP contribution in [0.5, 0.6) is 0 Å². The Morgan fingerprint density at radius 3 is 2.29 bits per heavy atom. The van der Waals surface area contributed by atoms with Crippen molar-refractivity contribution in [2.24, 2.45) is 7.05 Å². The van der Waals surface area contributed by atoms with Gasteiger partial charge in [0.25, 0.3) is 11.5 Å². The third kappa shape index (κ3) is 4.47. The molecule has 1 amide bonds. The van der Waals surface area contributed by atoms with Gasteiger partial charge in [-0.15, -0.1) is 11.6 Å². The molecule has 31 heavy (non-hydrogen) atoms. The minimum Gasteiger partial charge on any atom is -0.292 e. The number of aromatic nitrogens is 2. The number of anilines is 1. The van der Waals surface area contributed by atoms with E-state index in [-0.39, 0.29) is 19.5 Å². The van der Waals surface area contributed by atoms with E-state index < -0.39 is 67.7 Å². The van der Waals surface area contributed by atoms with E-state index >= 15 is 0 Å². The molecule has 0 saturated heterocycles. The Morgan fingerprint density at radius 2 is 1.84 bits per heavy atom. The Balaban J connectivity index is 2.98. The SMILES string of the molecule is Cn1c(C(F)(F)F)cc(=O)n(-c2cc(N(C(=O)CCl)S(C)(=O)=O)c(C#N)cc2F)c1=O. The number of alkyl halides is 4. The number of nitriles is 1. The second kappa shape index (κ2) is 8.16. The molecule has 2 rings (SSSR count). The van der Waals surface area contributed by atoms with Crippen LogP contribution in [0.1, 0.15) is 11.3 Å². The zero-order chi connectivity index (χ0) is 23.9. The highest BCUT2D eigenvalue weighted by molar-refractivity contribution is 7.92. The molecule has 15 heteroatoms. The highest BCUT2D eigenvalue weighted by atomic mass is 35.5. The Labute approximate surface area is 176 Å². The molecular formula is C16H11ClF4N4O5S. The van der Waals surface area contributed by atoms with Gasteiger partial charge in [0, 0.05) is 13.1 Å². The largest absolute Gasteiger partial charge is 0.431 e. The maximum absolute atomic E-state index is 14.6. The first-order valence-corrected chi connectivity index (χ1v) is 10.3. The summed E-state index contributed by atoms with van der Waals surface area (Å²) in [4.78, 5) is 36.7. The first-order chi connectivity index (χ1) is 14.1. The van der Waals surface area contributed by atoms with Crippen molar-refractivity contribution in [3.63, 3.8) is 0 Å². The number of hydrogen-bond acceptors (Lipinski definition) is 6. The van der Waals surface area contributed by atoms with Gasteiger partial charge in [0.15, 0.2) is 0 Å². The third-order valence-corrected chi connectivity index (χ3v) is 5.22. The summed E-state index contributed by atoms with van der Waals surface area (Å²) in [6.07, 6.45) is -4.49. The number of hydrogen-bond donors (Lipinski definition) is 0. The molecule has 0 spiro atoms. The average molecular weight is 483 g/mol. The van der Waals surface area contributed by atoms with Crippen molar-refractivity contribution < 1.29 is 30.8 Å². The number of benzene rings is 1. The molecule has 0 aliphatic carbocycles. The van der Waals surface area contributed by atoms with Crippen molar-refractivity contribution in [3.8, 4) is 11.8 Å². The van der Waals surface area contributed by atoms with Crippen LogP contribution in [0.2, 0.25) is 0 Å². The van der Waals surface area contributed by atoms with Crippen LogP contribution in [-0.4, -0.2) is 35.6 Å². The number of rotatable bonds is 4. The van der Waals surface area contributed by atoms with Gasteiger partial charge in [0.05, 0.1) is 23.2 Å². The molecule has 0 N–H and O–H groups in total. The summed E-state index contributed by atoms with van der Waals surface area (Å²) < 4.78 is 77.9. The Kier molecular flexibility index (Phi) is 6.34. The molecule has 1 heterocycles. The van der Waals surface area contributed by atoms with E-state index in [0.717, 1.165) is 0 Å². The summed E-state index contributed by atoms with van der Waals surface area (Å²) in [6.45, 7) is 0. The summed E-state index contributed by atoms with van der Waals surface area (Å²) in [7, 11) is -3.74. The molecule has 0 radical (unpaired) electrons. The maximum atomic E-state index is 14.6. The molecular weight excluding hydrogens is 472 g/mol. The van der Waals surface area contributed by atoms with Gasteiger partial charge in [0.2, 0.25) is 10.0 Å². The first-order valence-electron chi connectivity index (χ1n) is 7.88. The fourth-order valence-electron chi connectivity index (χ4n) is 2.65. The number of halogens is 5.